The molecule has 1 saturated heterocycles. The summed E-state index contributed by atoms with van der Waals surface area (Å²) in [5.41, 5.74) is 0.640. The van der Waals surface area contributed by atoms with Gasteiger partial charge < -0.3 is 14.5 Å². The first-order chi connectivity index (χ1) is 13.2. The molecule has 5 nitrogen and oxygen atoms in total. The molecule has 0 aromatic heterocycles. The van der Waals surface area contributed by atoms with Crippen LogP contribution >= 0.6 is 0 Å². The van der Waals surface area contributed by atoms with Crippen LogP contribution in [0, 0.1) is 5.92 Å². The monoisotopic (exact) mass is 372 g/mol. The lowest BCUT2D eigenvalue weighted by Gasteiger charge is -2.35. The van der Waals surface area contributed by atoms with Crippen molar-refractivity contribution >= 4 is 11.8 Å². The Hall–Kier alpha value is -2.04. The van der Waals surface area contributed by atoms with Gasteiger partial charge in [-0.2, -0.15) is 0 Å². The van der Waals surface area contributed by atoms with E-state index in [1.165, 1.54) is 38.5 Å². The van der Waals surface area contributed by atoms with Gasteiger partial charge in [0.1, 0.15) is 5.75 Å². The molecule has 27 heavy (non-hydrogen) atoms. The Bertz CT molecular complexity index is 632. The molecule has 1 saturated carbocycles. The zero-order valence-electron chi connectivity index (χ0n) is 16.5. The number of amides is 2. The summed E-state index contributed by atoms with van der Waals surface area (Å²) in [6.07, 6.45) is 9.66. The Labute approximate surface area is 162 Å². The Morgan fingerprint density at radius 2 is 1.74 bits per heavy atom. The van der Waals surface area contributed by atoms with Crippen molar-refractivity contribution in [2.24, 2.45) is 5.92 Å². The summed E-state index contributed by atoms with van der Waals surface area (Å²) in [7, 11) is 1.60. The number of hydrogen-bond acceptors (Lipinski definition) is 3. The van der Waals surface area contributed by atoms with Crippen LogP contribution in [0.2, 0.25) is 0 Å². The van der Waals surface area contributed by atoms with Crippen LogP contribution in [0.25, 0.3) is 0 Å². The molecule has 2 amide bonds. The largest absolute Gasteiger partial charge is 0.497 e. The molecular weight excluding hydrogens is 340 g/mol. The van der Waals surface area contributed by atoms with E-state index in [1.807, 2.05) is 28.0 Å². The number of carbonyl (C=O) groups is 2. The fourth-order valence-corrected chi connectivity index (χ4v) is 4.27. The van der Waals surface area contributed by atoms with Gasteiger partial charge in [-0.1, -0.05) is 38.2 Å². The van der Waals surface area contributed by atoms with Crippen LogP contribution in [0.3, 0.4) is 0 Å². The van der Waals surface area contributed by atoms with Crippen LogP contribution in [0.15, 0.2) is 24.3 Å². The highest BCUT2D eigenvalue weighted by molar-refractivity contribution is 5.94. The molecule has 0 bridgehead atoms. The van der Waals surface area contributed by atoms with Crippen molar-refractivity contribution in [2.75, 3.05) is 33.3 Å². The van der Waals surface area contributed by atoms with Gasteiger partial charge in [0.2, 0.25) is 5.91 Å². The van der Waals surface area contributed by atoms with Crippen molar-refractivity contribution in [1.82, 2.24) is 9.80 Å². The normalized spacial score (nSPS) is 18.4. The molecule has 0 unspecified atom stereocenters. The third-order valence-corrected chi connectivity index (χ3v) is 5.96. The highest BCUT2D eigenvalue weighted by atomic mass is 16.5. The molecule has 0 radical (unpaired) electrons. The highest BCUT2D eigenvalue weighted by Crippen LogP contribution is 2.27. The standard InChI is InChI=1S/C22H32N2O3/c1-27-20-11-6-10-19(17-20)22(26)24-15-13-23(14-16-24)21(25)12-5-9-18-7-3-2-4-8-18/h6,10-11,17-18H,2-5,7-9,12-16H2,1H3. The van der Waals surface area contributed by atoms with E-state index in [0.29, 0.717) is 43.9 Å². The predicted octanol–water partition coefficient (Wildman–Crippen LogP) is 3.73. The molecule has 1 aliphatic carbocycles. The minimum Gasteiger partial charge on any atom is -0.497 e. The van der Waals surface area contributed by atoms with E-state index >= 15 is 0 Å². The van der Waals surface area contributed by atoms with Crippen molar-refractivity contribution in [3.63, 3.8) is 0 Å². The zero-order valence-corrected chi connectivity index (χ0v) is 16.5. The second-order valence-electron chi connectivity index (χ2n) is 7.80. The van der Waals surface area contributed by atoms with E-state index in [0.717, 1.165) is 12.3 Å². The van der Waals surface area contributed by atoms with Gasteiger partial charge in [-0.15, -0.1) is 0 Å². The molecule has 0 spiro atoms. The molecular formula is C22H32N2O3. The Balaban J connectivity index is 1.41. The fourth-order valence-electron chi connectivity index (χ4n) is 4.27. The van der Waals surface area contributed by atoms with Gasteiger partial charge in [-0.25, -0.2) is 0 Å². The van der Waals surface area contributed by atoms with Crippen LogP contribution in [-0.4, -0.2) is 54.9 Å². The predicted molar refractivity (Wildman–Crippen MR) is 106 cm³/mol. The molecule has 1 aromatic rings. The van der Waals surface area contributed by atoms with E-state index in [2.05, 4.69) is 0 Å². The molecule has 3 rings (SSSR count). The Morgan fingerprint density at radius 1 is 1.04 bits per heavy atom. The molecule has 2 aliphatic rings. The number of piperazine rings is 1. The summed E-state index contributed by atoms with van der Waals surface area (Å²) in [4.78, 5) is 28.9. The maximum atomic E-state index is 12.7. The zero-order chi connectivity index (χ0) is 19.1. The molecule has 0 atom stereocenters. The lowest BCUT2D eigenvalue weighted by atomic mass is 9.86. The third kappa shape index (κ3) is 5.47. The minimum absolute atomic E-state index is 0.0123. The second-order valence-corrected chi connectivity index (χ2v) is 7.80. The van der Waals surface area contributed by atoms with Crippen LogP contribution in [0.4, 0.5) is 0 Å². The number of methoxy groups -OCH3 is 1. The van der Waals surface area contributed by atoms with E-state index in [1.54, 1.807) is 13.2 Å². The minimum atomic E-state index is 0.0123. The lowest BCUT2D eigenvalue weighted by molar-refractivity contribution is -0.132. The summed E-state index contributed by atoms with van der Waals surface area (Å²) in [5, 5.41) is 0. The Morgan fingerprint density at radius 3 is 2.44 bits per heavy atom. The number of hydrogen-bond donors (Lipinski definition) is 0. The van der Waals surface area contributed by atoms with Crippen LogP contribution < -0.4 is 4.74 Å². The topological polar surface area (TPSA) is 49.9 Å². The van der Waals surface area contributed by atoms with Gasteiger partial charge in [0, 0.05) is 38.2 Å². The fraction of sp³-hybridized carbons (Fsp3) is 0.636. The molecule has 2 fully saturated rings. The number of rotatable bonds is 6. The average Bonchev–Trinajstić information content (AvgIpc) is 2.74. The number of ether oxygens (including phenoxy) is 1. The van der Waals surface area contributed by atoms with Crippen molar-refractivity contribution in [2.45, 2.75) is 51.4 Å². The van der Waals surface area contributed by atoms with Crippen LogP contribution in [0.5, 0.6) is 5.75 Å². The number of carbonyl (C=O) groups excluding carboxylic acids is 2. The van der Waals surface area contributed by atoms with Gasteiger partial charge in [0.15, 0.2) is 0 Å². The van der Waals surface area contributed by atoms with Crippen molar-refractivity contribution < 1.29 is 14.3 Å². The second kappa shape index (κ2) is 9.77. The van der Waals surface area contributed by atoms with Crippen LogP contribution in [0.1, 0.15) is 61.7 Å². The van der Waals surface area contributed by atoms with Gasteiger partial charge in [-0.3, -0.25) is 9.59 Å². The van der Waals surface area contributed by atoms with Crippen molar-refractivity contribution in [1.29, 1.82) is 0 Å². The van der Waals surface area contributed by atoms with Gasteiger partial charge >= 0.3 is 0 Å². The summed E-state index contributed by atoms with van der Waals surface area (Å²) in [6, 6.07) is 7.25. The van der Waals surface area contributed by atoms with E-state index in [-0.39, 0.29) is 11.8 Å². The molecule has 1 heterocycles. The maximum Gasteiger partial charge on any atom is 0.254 e. The first kappa shape index (κ1) is 19.7. The SMILES string of the molecule is COc1cccc(C(=O)N2CCN(C(=O)CCCC3CCCCC3)CC2)c1. The van der Waals surface area contributed by atoms with E-state index in [9.17, 15) is 9.59 Å². The summed E-state index contributed by atoms with van der Waals surface area (Å²) >= 11 is 0. The molecule has 5 heteroatoms. The summed E-state index contributed by atoms with van der Waals surface area (Å²) < 4.78 is 5.20. The smallest absolute Gasteiger partial charge is 0.254 e. The van der Waals surface area contributed by atoms with Gasteiger partial charge in [0.25, 0.3) is 5.91 Å². The Kier molecular flexibility index (Phi) is 7.13. The number of benzene rings is 1. The molecule has 148 valence electrons. The van der Waals surface area contributed by atoms with Crippen molar-refractivity contribution in [3.05, 3.63) is 29.8 Å². The summed E-state index contributed by atoms with van der Waals surface area (Å²) in [5.74, 6) is 1.79. The average molecular weight is 373 g/mol. The summed E-state index contributed by atoms with van der Waals surface area (Å²) in [6.45, 7) is 2.48. The highest BCUT2D eigenvalue weighted by Gasteiger charge is 2.25. The van der Waals surface area contributed by atoms with Crippen molar-refractivity contribution in [3.8, 4) is 5.75 Å². The molecule has 0 N–H and O–H groups in total. The first-order valence-corrected chi connectivity index (χ1v) is 10.4. The quantitative estimate of drug-likeness (QED) is 0.764. The van der Waals surface area contributed by atoms with Gasteiger partial charge in [0.05, 0.1) is 7.11 Å². The lowest BCUT2D eigenvalue weighted by Crippen LogP contribution is -2.50. The first-order valence-electron chi connectivity index (χ1n) is 10.4. The third-order valence-electron chi connectivity index (χ3n) is 5.96. The number of nitrogens with zero attached hydrogens (tertiary/aromatic N) is 2. The van der Waals surface area contributed by atoms with Crippen LogP contribution in [-0.2, 0) is 4.79 Å². The van der Waals surface area contributed by atoms with E-state index in [4.69, 9.17) is 4.74 Å². The maximum absolute atomic E-state index is 12.7. The van der Waals surface area contributed by atoms with Gasteiger partial charge in [-0.05, 0) is 37.0 Å². The molecule has 1 aliphatic heterocycles. The van der Waals surface area contributed by atoms with E-state index < -0.39 is 0 Å². The molecule has 1 aromatic carbocycles.